The second-order valence-electron chi connectivity index (χ2n) is 4.78. The first-order chi connectivity index (χ1) is 9.84. The first-order valence-corrected chi connectivity index (χ1v) is 7.21. The van der Waals surface area contributed by atoms with Gasteiger partial charge in [-0.15, -0.1) is 12.4 Å². The predicted octanol–water partition coefficient (Wildman–Crippen LogP) is 3.09. The topological polar surface area (TPSA) is 44.7 Å². The number of methoxy groups -OCH3 is 1. The lowest BCUT2D eigenvalue weighted by Crippen LogP contribution is -2.49. The molecule has 0 unspecified atom stereocenters. The van der Waals surface area contributed by atoms with Gasteiger partial charge in [-0.05, 0) is 12.1 Å². The number of aromatic hydroxyl groups is 1. The van der Waals surface area contributed by atoms with E-state index in [-0.39, 0.29) is 36.8 Å². The Balaban J connectivity index is 0.00000242. The molecular weight excluding hydrogens is 389 g/mol. The third-order valence-electron chi connectivity index (χ3n) is 3.41. The van der Waals surface area contributed by atoms with E-state index in [1.54, 1.807) is 0 Å². The molecule has 0 aliphatic carbocycles. The Morgan fingerprint density at radius 1 is 1.32 bits per heavy atom. The number of piperazine rings is 1. The molecule has 1 aliphatic heterocycles. The van der Waals surface area contributed by atoms with E-state index in [1.807, 2.05) is 0 Å². The van der Waals surface area contributed by atoms with E-state index in [4.69, 9.17) is 4.74 Å². The molecule has 1 heterocycles. The van der Waals surface area contributed by atoms with Gasteiger partial charge in [0.05, 0.1) is 7.11 Å². The molecule has 0 radical (unpaired) electrons. The van der Waals surface area contributed by atoms with Gasteiger partial charge in [-0.2, -0.15) is 13.2 Å². The average molecular weight is 406 g/mol. The van der Waals surface area contributed by atoms with Gasteiger partial charge in [-0.3, -0.25) is 4.90 Å². The molecule has 4 nitrogen and oxygen atoms in total. The molecule has 1 aromatic carbocycles. The van der Waals surface area contributed by atoms with Crippen LogP contribution in [-0.2, 0) is 0 Å². The number of hydrogen-bond acceptors (Lipinski definition) is 4. The lowest BCUT2D eigenvalue weighted by atomic mass is 10.0. The molecule has 0 saturated carbocycles. The molecule has 2 N–H and O–H groups in total. The third-order valence-corrected chi connectivity index (χ3v) is 3.87. The van der Waals surface area contributed by atoms with Crippen molar-refractivity contribution in [3.63, 3.8) is 0 Å². The largest absolute Gasteiger partial charge is 0.504 e. The van der Waals surface area contributed by atoms with E-state index >= 15 is 0 Å². The van der Waals surface area contributed by atoms with Crippen LogP contribution in [0.15, 0.2) is 16.6 Å². The number of nitrogens with zero attached hydrogens (tertiary/aromatic N) is 1. The van der Waals surface area contributed by atoms with Crippen molar-refractivity contribution in [2.45, 2.75) is 12.2 Å². The zero-order valence-corrected chi connectivity index (χ0v) is 14.2. The van der Waals surface area contributed by atoms with Crippen LogP contribution >= 0.6 is 28.3 Å². The Bertz CT molecular complexity index is 511. The van der Waals surface area contributed by atoms with E-state index in [9.17, 15) is 18.3 Å². The minimum absolute atomic E-state index is 0. The van der Waals surface area contributed by atoms with Crippen molar-refractivity contribution in [3.8, 4) is 11.5 Å². The monoisotopic (exact) mass is 404 g/mol. The fourth-order valence-electron chi connectivity index (χ4n) is 2.48. The average Bonchev–Trinajstić information content (AvgIpc) is 2.42. The van der Waals surface area contributed by atoms with Crippen molar-refractivity contribution in [1.82, 2.24) is 10.2 Å². The number of phenols is 1. The first kappa shape index (κ1) is 19.3. The maximum atomic E-state index is 13.5. The summed E-state index contributed by atoms with van der Waals surface area (Å²) in [6.07, 6.45) is -4.49. The maximum Gasteiger partial charge on any atom is 0.408 e. The highest BCUT2D eigenvalue weighted by Crippen LogP contribution is 2.45. The summed E-state index contributed by atoms with van der Waals surface area (Å²) in [5.41, 5.74) is -0.198. The third kappa shape index (κ3) is 4.18. The molecule has 2 rings (SSSR count). The van der Waals surface area contributed by atoms with Crippen LogP contribution in [0.3, 0.4) is 0 Å². The van der Waals surface area contributed by atoms with Crippen LogP contribution in [0.25, 0.3) is 0 Å². The smallest absolute Gasteiger partial charge is 0.408 e. The minimum atomic E-state index is -4.49. The lowest BCUT2D eigenvalue weighted by Gasteiger charge is -2.36. The summed E-state index contributed by atoms with van der Waals surface area (Å²) in [5, 5.41) is 13.1. The Morgan fingerprint density at radius 3 is 2.41 bits per heavy atom. The van der Waals surface area contributed by atoms with Crippen molar-refractivity contribution in [3.05, 3.63) is 22.2 Å². The molecule has 1 aromatic rings. The summed E-state index contributed by atoms with van der Waals surface area (Å²) in [5.74, 6) is -0.453. The van der Waals surface area contributed by atoms with Gasteiger partial charge < -0.3 is 15.2 Å². The van der Waals surface area contributed by atoms with Gasteiger partial charge >= 0.3 is 6.18 Å². The maximum absolute atomic E-state index is 13.5. The van der Waals surface area contributed by atoms with Crippen LogP contribution in [0, 0.1) is 0 Å². The van der Waals surface area contributed by atoms with Crippen LogP contribution in [0.4, 0.5) is 13.2 Å². The molecule has 0 spiro atoms. The molecule has 1 fully saturated rings. The van der Waals surface area contributed by atoms with E-state index in [2.05, 4.69) is 21.2 Å². The van der Waals surface area contributed by atoms with Crippen LogP contribution in [0.1, 0.15) is 11.6 Å². The Kier molecular flexibility index (Phi) is 6.79. The van der Waals surface area contributed by atoms with Gasteiger partial charge in [0.1, 0.15) is 6.04 Å². The second kappa shape index (κ2) is 7.72. The van der Waals surface area contributed by atoms with Gasteiger partial charge in [-0.25, -0.2) is 0 Å². The summed E-state index contributed by atoms with van der Waals surface area (Å²) in [7, 11) is 1.30. The normalized spacial score (nSPS) is 17.7. The second-order valence-corrected chi connectivity index (χ2v) is 5.69. The molecule has 0 aromatic heterocycles. The van der Waals surface area contributed by atoms with Crippen molar-refractivity contribution < 1.29 is 23.0 Å². The van der Waals surface area contributed by atoms with E-state index in [0.29, 0.717) is 17.6 Å². The van der Waals surface area contributed by atoms with Gasteiger partial charge in [0, 0.05) is 36.2 Å². The molecule has 126 valence electrons. The quantitative estimate of drug-likeness (QED) is 0.811. The number of phenolic OH excluding ortho intramolecular Hbond substituents is 1. The van der Waals surface area contributed by atoms with Gasteiger partial charge in [0.15, 0.2) is 11.5 Å². The molecule has 0 amide bonds. The van der Waals surface area contributed by atoms with E-state index in [1.165, 1.54) is 24.1 Å². The number of rotatable bonds is 3. The highest BCUT2D eigenvalue weighted by molar-refractivity contribution is 9.10. The molecule has 22 heavy (non-hydrogen) atoms. The predicted molar refractivity (Wildman–Crippen MR) is 82.8 cm³/mol. The van der Waals surface area contributed by atoms with Crippen molar-refractivity contribution in [2.24, 2.45) is 0 Å². The Hall–Kier alpha value is -0.700. The Morgan fingerprint density at radius 2 is 1.91 bits per heavy atom. The number of hydrogen-bond donors (Lipinski definition) is 2. The van der Waals surface area contributed by atoms with Crippen molar-refractivity contribution >= 4 is 28.3 Å². The Labute approximate surface area is 141 Å². The van der Waals surface area contributed by atoms with Gasteiger partial charge in [-0.1, -0.05) is 15.9 Å². The summed E-state index contributed by atoms with van der Waals surface area (Å²) in [6.45, 7) is 1.49. The number of alkyl halides is 3. The van der Waals surface area contributed by atoms with Crippen molar-refractivity contribution in [2.75, 3.05) is 33.3 Å². The van der Waals surface area contributed by atoms with Gasteiger partial charge in [0.25, 0.3) is 0 Å². The highest BCUT2D eigenvalue weighted by Gasteiger charge is 2.46. The molecule has 1 atom stereocenters. The fourth-order valence-corrected chi connectivity index (χ4v) is 2.93. The first-order valence-electron chi connectivity index (χ1n) is 6.42. The SMILES string of the molecule is COc1cc(Br)cc([C@@H](N2CCNCC2)C(F)(F)F)c1O.Cl. The lowest BCUT2D eigenvalue weighted by molar-refractivity contribution is -0.188. The van der Waals surface area contributed by atoms with Crippen LogP contribution in [-0.4, -0.2) is 49.5 Å². The summed E-state index contributed by atoms with van der Waals surface area (Å²) >= 11 is 3.16. The van der Waals surface area contributed by atoms with E-state index in [0.717, 1.165) is 0 Å². The number of ether oxygens (including phenoxy) is 1. The minimum Gasteiger partial charge on any atom is -0.504 e. The fraction of sp³-hybridized carbons (Fsp3) is 0.538. The molecule has 0 bridgehead atoms. The van der Waals surface area contributed by atoms with Crippen LogP contribution in [0.2, 0.25) is 0 Å². The highest BCUT2D eigenvalue weighted by atomic mass is 79.9. The summed E-state index contributed by atoms with van der Waals surface area (Å²) < 4.78 is 45.9. The zero-order chi connectivity index (χ0) is 15.6. The van der Waals surface area contributed by atoms with Crippen molar-refractivity contribution in [1.29, 1.82) is 0 Å². The summed E-state index contributed by atoms with van der Waals surface area (Å²) in [6, 6.07) is 0.869. The standard InChI is InChI=1S/C13H16BrF3N2O2.ClH/c1-21-10-7-8(14)6-9(11(10)20)12(13(15,16)17)19-4-2-18-3-5-19;/h6-7,12,18,20H,2-5H2,1H3;1H/t12-;/m1./s1. The molecule has 9 heteroatoms. The number of benzene rings is 1. The molecular formula is C13H17BrClF3N2O2. The number of halogens is 5. The summed E-state index contributed by atoms with van der Waals surface area (Å²) in [4.78, 5) is 1.32. The number of nitrogens with one attached hydrogen (secondary N) is 1. The van der Waals surface area contributed by atoms with Gasteiger partial charge in [0.2, 0.25) is 0 Å². The zero-order valence-electron chi connectivity index (χ0n) is 11.8. The van der Waals surface area contributed by atoms with Crippen LogP contribution < -0.4 is 10.1 Å². The van der Waals surface area contributed by atoms with Crippen LogP contribution in [0.5, 0.6) is 11.5 Å². The molecule has 1 saturated heterocycles. The van der Waals surface area contributed by atoms with E-state index < -0.39 is 18.0 Å². The molecule has 1 aliphatic rings.